The van der Waals surface area contributed by atoms with Gasteiger partial charge >= 0.3 is 6.03 Å². The third kappa shape index (κ3) is 6.07. The summed E-state index contributed by atoms with van der Waals surface area (Å²) in [5, 5.41) is 25.4. The van der Waals surface area contributed by atoms with Gasteiger partial charge in [0.15, 0.2) is 8.32 Å². The molecule has 3 rings (SSSR count). The summed E-state index contributed by atoms with van der Waals surface area (Å²) in [6.07, 6.45) is 2.15. The zero-order valence-electron chi connectivity index (χ0n) is 25.7. The first kappa shape index (κ1) is 32.4. The van der Waals surface area contributed by atoms with Crippen molar-refractivity contribution in [2.45, 2.75) is 114 Å². The summed E-state index contributed by atoms with van der Waals surface area (Å²) in [7, 11) is -4.56. The van der Waals surface area contributed by atoms with E-state index in [1.54, 1.807) is 30.5 Å². The lowest BCUT2D eigenvalue weighted by atomic mass is 9.97. The van der Waals surface area contributed by atoms with E-state index in [0.717, 1.165) is 0 Å². The topological polar surface area (TPSA) is 140 Å². The second kappa shape index (κ2) is 10.6. The predicted octanol–water partition coefficient (Wildman–Crippen LogP) is 5.25. The maximum absolute atomic E-state index is 13.4. The number of nitrogens with one attached hydrogen (secondary N) is 1. The summed E-state index contributed by atoms with van der Waals surface area (Å²) < 4.78 is 13.0. The fraction of sp³-hybridized carbons (Fsp3) is 0.679. The summed E-state index contributed by atoms with van der Waals surface area (Å²) in [4.78, 5) is 25.8. The molecule has 0 aromatic heterocycles. The molecule has 0 radical (unpaired) electrons. The number of rotatable bonds is 8. The van der Waals surface area contributed by atoms with Crippen LogP contribution >= 0.6 is 0 Å². The van der Waals surface area contributed by atoms with E-state index >= 15 is 0 Å². The number of nitrogens with two attached hydrogens (primary N) is 1. The number of benzene rings is 1. The Kier molecular flexibility index (Phi) is 8.61. The molecule has 40 heavy (non-hydrogen) atoms. The standard InChI is InChI=1S/C28H48N4O6Si2/c1-25(2,3)39(7,8)28(34)18-23(38-22(28)19-37-40(9,10)26(4,5)6)31-16-15-27(29,30-24(31)33)17-20-13-11-12-14-21(20)32(35)36/h11-16,22-23,34H,17-19,29H2,1-10H3,(H,30,33)/t22-,23-,27?,28-/m1/s1. The van der Waals surface area contributed by atoms with Crippen molar-refractivity contribution in [1.82, 2.24) is 10.2 Å². The van der Waals surface area contributed by atoms with Crippen LogP contribution in [0.15, 0.2) is 36.5 Å². The summed E-state index contributed by atoms with van der Waals surface area (Å²) in [5.74, 6) is 0. The zero-order chi connectivity index (χ0) is 30.5. The Morgan fingerprint density at radius 1 is 1.18 bits per heavy atom. The van der Waals surface area contributed by atoms with Gasteiger partial charge in [-0.3, -0.25) is 15.0 Å². The number of hydrogen-bond donors (Lipinski definition) is 3. The SMILES string of the molecule is CC(C)(C)[Si](C)(C)OC[C@H]1O[C@@H](N2C=CC(N)(Cc3ccccc3[N+](=O)[O-])NC2=O)C[C@@]1(O)[Si](C)(C)C(C)(C)C. The van der Waals surface area contributed by atoms with Crippen molar-refractivity contribution in [2.24, 2.45) is 5.73 Å². The summed E-state index contributed by atoms with van der Waals surface area (Å²) in [6, 6.07) is 5.85. The van der Waals surface area contributed by atoms with Crippen LogP contribution in [0, 0.1) is 10.1 Å². The summed E-state index contributed by atoms with van der Waals surface area (Å²) >= 11 is 0. The minimum absolute atomic E-state index is 0.00608. The van der Waals surface area contributed by atoms with Crippen molar-refractivity contribution in [3.05, 3.63) is 52.2 Å². The molecule has 4 atom stereocenters. The van der Waals surface area contributed by atoms with Gasteiger partial charge in [-0.05, 0) is 29.2 Å². The molecular weight excluding hydrogens is 545 g/mol. The summed E-state index contributed by atoms with van der Waals surface area (Å²) in [6.45, 7) is 21.9. The maximum atomic E-state index is 13.4. The fourth-order valence-corrected chi connectivity index (χ4v) is 8.91. The van der Waals surface area contributed by atoms with Crippen molar-refractivity contribution in [1.29, 1.82) is 0 Å². The maximum Gasteiger partial charge on any atom is 0.325 e. The number of carbonyl (C=O) groups is 1. The van der Waals surface area contributed by atoms with Gasteiger partial charge in [-0.25, -0.2) is 4.79 Å². The highest BCUT2D eigenvalue weighted by Crippen LogP contribution is 2.50. The number of carbonyl (C=O) groups excluding carboxylic acids is 1. The van der Waals surface area contributed by atoms with Crippen molar-refractivity contribution in [3.63, 3.8) is 0 Å². The van der Waals surface area contributed by atoms with Crippen LogP contribution in [0.4, 0.5) is 10.5 Å². The van der Waals surface area contributed by atoms with Crippen molar-refractivity contribution >= 4 is 28.1 Å². The highest BCUT2D eigenvalue weighted by Gasteiger charge is 2.62. The summed E-state index contributed by atoms with van der Waals surface area (Å²) in [5.41, 5.74) is 5.53. The highest BCUT2D eigenvalue weighted by atomic mass is 28.4. The minimum Gasteiger partial charge on any atom is -0.414 e. The van der Waals surface area contributed by atoms with E-state index in [0.29, 0.717) is 5.56 Å². The Hall–Kier alpha value is -2.10. The molecule has 0 saturated carbocycles. The first-order valence-corrected chi connectivity index (χ1v) is 19.8. The molecule has 4 N–H and O–H groups in total. The molecule has 10 nitrogen and oxygen atoms in total. The second-order valence-electron chi connectivity index (χ2n) is 14.4. The molecule has 2 aliphatic rings. The molecule has 1 aromatic rings. The van der Waals surface area contributed by atoms with E-state index in [4.69, 9.17) is 14.9 Å². The number of nitro groups is 1. The van der Waals surface area contributed by atoms with E-state index in [1.165, 1.54) is 11.0 Å². The number of aliphatic hydroxyl groups is 1. The molecule has 224 valence electrons. The molecule has 1 unspecified atom stereocenters. The van der Waals surface area contributed by atoms with Crippen LogP contribution in [0.2, 0.25) is 36.3 Å². The monoisotopic (exact) mass is 592 g/mol. The largest absolute Gasteiger partial charge is 0.414 e. The van der Waals surface area contributed by atoms with Crippen LogP contribution in [0.1, 0.15) is 53.5 Å². The highest BCUT2D eigenvalue weighted by molar-refractivity contribution is 6.83. The molecule has 1 saturated heterocycles. The quantitative estimate of drug-likeness (QED) is 0.213. The van der Waals surface area contributed by atoms with Gasteiger partial charge in [-0.15, -0.1) is 0 Å². The lowest BCUT2D eigenvalue weighted by molar-refractivity contribution is -0.385. The lowest BCUT2D eigenvalue weighted by Gasteiger charge is -2.49. The van der Waals surface area contributed by atoms with Gasteiger partial charge in [0.05, 0.1) is 24.8 Å². The third-order valence-corrected chi connectivity index (χ3v) is 20.7. The van der Waals surface area contributed by atoms with Gasteiger partial charge in [0.1, 0.15) is 18.0 Å². The zero-order valence-corrected chi connectivity index (χ0v) is 27.7. The van der Waals surface area contributed by atoms with Crippen LogP contribution in [0.5, 0.6) is 0 Å². The van der Waals surface area contributed by atoms with E-state index in [-0.39, 0.29) is 35.2 Å². The molecule has 0 bridgehead atoms. The van der Waals surface area contributed by atoms with Crippen LogP contribution in [-0.2, 0) is 15.6 Å². The average Bonchev–Trinajstić information content (AvgIpc) is 3.14. The van der Waals surface area contributed by atoms with Gasteiger partial charge in [0.2, 0.25) is 0 Å². The number of nitro benzene ring substituents is 1. The van der Waals surface area contributed by atoms with E-state index in [2.05, 4.69) is 73.0 Å². The average molecular weight is 593 g/mol. The van der Waals surface area contributed by atoms with Crippen molar-refractivity contribution in [3.8, 4) is 0 Å². The molecule has 12 heteroatoms. The normalized spacial score (nSPS) is 28.1. The molecule has 1 fully saturated rings. The van der Waals surface area contributed by atoms with E-state index in [1.807, 2.05) is 0 Å². The predicted molar refractivity (Wildman–Crippen MR) is 162 cm³/mol. The van der Waals surface area contributed by atoms with Crippen molar-refractivity contribution < 1.29 is 24.0 Å². The first-order valence-electron chi connectivity index (χ1n) is 13.9. The number of hydrogen-bond acceptors (Lipinski definition) is 7. The number of nitrogens with zero attached hydrogens (tertiary/aromatic N) is 2. The Labute approximate surface area is 240 Å². The first-order chi connectivity index (χ1) is 18.0. The smallest absolute Gasteiger partial charge is 0.325 e. The Bertz CT molecular complexity index is 1160. The van der Waals surface area contributed by atoms with E-state index < -0.39 is 50.6 Å². The van der Waals surface area contributed by atoms with Crippen LogP contribution in [0.25, 0.3) is 0 Å². The molecule has 1 aromatic carbocycles. The Morgan fingerprint density at radius 3 is 2.30 bits per heavy atom. The van der Waals surface area contributed by atoms with Gasteiger partial charge in [0, 0.05) is 30.7 Å². The van der Waals surface area contributed by atoms with Crippen LogP contribution < -0.4 is 11.1 Å². The number of para-hydroxylation sites is 1. The molecule has 2 amide bonds. The minimum atomic E-state index is -2.43. The number of ether oxygens (including phenoxy) is 1. The van der Waals surface area contributed by atoms with Crippen LogP contribution in [0.3, 0.4) is 0 Å². The molecule has 2 heterocycles. The lowest BCUT2D eigenvalue weighted by Crippen LogP contribution is -2.65. The van der Waals surface area contributed by atoms with E-state index in [9.17, 15) is 20.0 Å². The molecular formula is C28H48N4O6Si2. The fourth-order valence-electron chi connectivity index (χ4n) is 4.97. The van der Waals surface area contributed by atoms with Gasteiger partial charge in [-0.2, -0.15) is 0 Å². The Balaban J connectivity index is 1.89. The van der Waals surface area contributed by atoms with Crippen LogP contribution in [-0.4, -0.2) is 67.2 Å². The second-order valence-corrected chi connectivity index (χ2v) is 24.8. The third-order valence-electron chi connectivity index (χ3n) is 9.79. The van der Waals surface area contributed by atoms with Gasteiger partial charge in [0.25, 0.3) is 5.69 Å². The van der Waals surface area contributed by atoms with Crippen molar-refractivity contribution in [2.75, 3.05) is 6.61 Å². The molecule has 2 aliphatic heterocycles. The molecule has 0 aliphatic carbocycles. The molecule has 0 spiro atoms. The Morgan fingerprint density at radius 2 is 1.77 bits per heavy atom. The van der Waals surface area contributed by atoms with Gasteiger partial charge in [-0.1, -0.05) is 72.8 Å². The van der Waals surface area contributed by atoms with Gasteiger partial charge < -0.3 is 25.3 Å². The number of urea groups is 1. The number of amides is 2.